The maximum atomic E-state index is 4.51. The minimum absolute atomic E-state index is 0.378. The lowest BCUT2D eigenvalue weighted by atomic mass is 10.2. The average Bonchev–Trinajstić information content (AvgIpc) is 2.85. The fourth-order valence-electron chi connectivity index (χ4n) is 1.70. The quantitative estimate of drug-likeness (QED) is 0.867. The van der Waals surface area contributed by atoms with E-state index in [0.29, 0.717) is 6.04 Å². The topological polar surface area (TPSA) is 24.9 Å². The Bertz CT molecular complexity index is 510. The largest absolute Gasteiger partial charge is 0.309 e. The van der Waals surface area contributed by atoms with Gasteiger partial charge in [-0.3, -0.25) is 0 Å². The molecule has 0 saturated carbocycles. The molecule has 1 heterocycles. The predicted octanol–water partition coefficient (Wildman–Crippen LogP) is 4.63. The van der Waals surface area contributed by atoms with Crippen molar-refractivity contribution in [2.75, 3.05) is 6.54 Å². The summed E-state index contributed by atoms with van der Waals surface area (Å²) in [6.45, 7) is 5.42. The Balaban J connectivity index is 2.15. The van der Waals surface area contributed by atoms with E-state index in [0.717, 1.165) is 22.4 Å². The first-order chi connectivity index (χ1) is 8.70. The summed E-state index contributed by atoms with van der Waals surface area (Å²) < 4.78 is 1.09. The summed E-state index contributed by atoms with van der Waals surface area (Å²) in [4.78, 5) is 5.80. The van der Waals surface area contributed by atoms with Crippen LogP contribution in [0.3, 0.4) is 0 Å². The highest BCUT2D eigenvalue weighted by molar-refractivity contribution is 9.10. The monoisotopic (exact) mass is 324 g/mol. The van der Waals surface area contributed by atoms with Gasteiger partial charge in [-0.05, 0) is 32.0 Å². The summed E-state index contributed by atoms with van der Waals surface area (Å²) in [6.07, 6.45) is 3.13. The molecule has 0 aliphatic rings. The zero-order chi connectivity index (χ0) is 13.0. The van der Waals surface area contributed by atoms with Gasteiger partial charge in [-0.1, -0.05) is 35.0 Å². The predicted molar refractivity (Wildman–Crippen MR) is 82.0 cm³/mol. The van der Waals surface area contributed by atoms with Crippen LogP contribution < -0.4 is 5.32 Å². The molecule has 2 aromatic rings. The summed E-state index contributed by atoms with van der Waals surface area (Å²) in [5, 5.41) is 4.57. The Hall–Kier alpha value is -0.710. The summed E-state index contributed by atoms with van der Waals surface area (Å²) in [5.74, 6) is 0. The molecular weight excluding hydrogens is 308 g/mol. The van der Waals surface area contributed by atoms with E-state index < -0.39 is 0 Å². The van der Waals surface area contributed by atoms with Crippen molar-refractivity contribution in [1.82, 2.24) is 10.3 Å². The van der Waals surface area contributed by atoms with Crippen LogP contribution in [0.1, 0.15) is 31.2 Å². The number of hydrogen-bond donors (Lipinski definition) is 1. The number of hydrogen-bond acceptors (Lipinski definition) is 3. The van der Waals surface area contributed by atoms with Gasteiger partial charge in [0.1, 0.15) is 5.01 Å². The minimum atomic E-state index is 0.378. The second-order valence-corrected chi connectivity index (χ2v) is 6.23. The number of benzene rings is 1. The maximum Gasteiger partial charge on any atom is 0.123 e. The number of nitrogens with zero attached hydrogens (tertiary/aromatic N) is 1. The fraction of sp³-hybridized carbons (Fsp3) is 0.357. The molecule has 0 spiro atoms. The van der Waals surface area contributed by atoms with E-state index >= 15 is 0 Å². The molecule has 4 heteroatoms. The normalized spacial score (nSPS) is 12.6. The Morgan fingerprint density at radius 2 is 2.28 bits per heavy atom. The van der Waals surface area contributed by atoms with Gasteiger partial charge in [0.25, 0.3) is 0 Å². The lowest BCUT2D eigenvalue weighted by Gasteiger charge is -2.09. The van der Waals surface area contributed by atoms with Crippen LogP contribution in [0.15, 0.2) is 34.9 Å². The van der Waals surface area contributed by atoms with Crippen molar-refractivity contribution in [3.05, 3.63) is 39.8 Å². The first-order valence-electron chi connectivity index (χ1n) is 6.15. The number of halogens is 1. The molecule has 2 nitrogen and oxygen atoms in total. The van der Waals surface area contributed by atoms with Crippen LogP contribution in [0.4, 0.5) is 0 Å². The van der Waals surface area contributed by atoms with Crippen molar-refractivity contribution < 1.29 is 0 Å². The third kappa shape index (κ3) is 3.40. The zero-order valence-electron chi connectivity index (χ0n) is 10.6. The second-order valence-electron chi connectivity index (χ2n) is 4.25. The molecule has 0 radical (unpaired) electrons. The fourth-order valence-corrected chi connectivity index (χ4v) is 3.04. The summed E-state index contributed by atoms with van der Waals surface area (Å²) >= 11 is 5.25. The Kier molecular flexibility index (Phi) is 4.92. The van der Waals surface area contributed by atoms with Gasteiger partial charge in [-0.2, -0.15) is 0 Å². The molecule has 96 valence electrons. The average molecular weight is 325 g/mol. The Morgan fingerprint density at radius 1 is 1.44 bits per heavy atom. The maximum absolute atomic E-state index is 4.51. The highest BCUT2D eigenvalue weighted by atomic mass is 79.9. The molecule has 2 rings (SSSR count). The van der Waals surface area contributed by atoms with E-state index in [1.54, 1.807) is 11.3 Å². The van der Waals surface area contributed by atoms with Crippen LogP contribution in [-0.2, 0) is 0 Å². The first kappa shape index (κ1) is 13.7. The Morgan fingerprint density at radius 3 is 3.00 bits per heavy atom. The van der Waals surface area contributed by atoms with E-state index in [-0.39, 0.29) is 0 Å². The van der Waals surface area contributed by atoms with Crippen molar-refractivity contribution >= 4 is 27.3 Å². The van der Waals surface area contributed by atoms with Crippen LogP contribution in [0, 0.1) is 0 Å². The van der Waals surface area contributed by atoms with E-state index in [1.165, 1.54) is 10.4 Å². The molecule has 0 aliphatic carbocycles. The number of nitrogens with one attached hydrogen (secondary N) is 1. The van der Waals surface area contributed by atoms with Crippen molar-refractivity contribution in [3.8, 4) is 10.6 Å². The van der Waals surface area contributed by atoms with E-state index in [9.17, 15) is 0 Å². The SMILES string of the molecule is CCCNC(C)c1cnc(-c2cccc(Br)c2)s1. The molecule has 0 amide bonds. The highest BCUT2D eigenvalue weighted by Gasteiger charge is 2.10. The second kappa shape index (κ2) is 6.45. The van der Waals surface area contributed by atoms with Gasteiger partial charge < -0.3 is 5.32 Å². The third-order valence-corrected chi connectivity index (χ3v) is 4.44. The number of aromatic nitrogens is 1. The molecule has 18 heavy (non-hydrogen) atoms. The van der Waals surface area contributed by atoms with Gasteiger partial charge in [0.15, 0.2) is 0 Å². The van der Waals surface area contributed by atoms with Gasteiger partial charge in [0.2, 0.25) is 0 Å². The van der Waals surface area contributed by atoms with Crippen LogP contribution in [0.5, 0.6) is 0 Å². The molecular formula is C14H17BrN2S. The van der Waals surface area contributed by atoms with E-state index in [2.05, 4.69) is 52.2 Å². The minimum Gasteiger partial charge on any atom is -0.309 e. The summed E-state index contributed by atoms with van der Waals surface area (Å²) in [5.41, 5.74) is 1.17. The van der Waals surface area contributed by atoms with E-state index in [4.69, 9.17) is 0 Å². The molecule has 0 fully saturated rings. The Labute approximate surface area is 121 Å². The van der Waals surface area contributed by atoms with Crippen LogP contribution >= 0.6 is 27.3 Å². The van der Waals surface area contributed by atoms with Gasteiger partial charge >= 0.3 is 0 Å². The molecule has 1 N–H and O–H groups in total. The van der Waals surface area contributed by atoms with Gasteiger partial charge in [-0.25, -0.2) is 4.98 Å². The molecule has 1 aromatic heterocycles. The summed E-state index contributed by atoms with van der Waals surface area (Å²) in [7, 11) is 0. The number of rotatable bonds is 5. The smallest absolute Gasteiger partial charge is 0.123 e. The van der Waals surface area contributed by atoms with Crippen LogP contribution in [-0.4, -0.2) is 11.5 Å². The molecule has 0 bridgehead atoms. The summed E-state index contributed by atoms with van der Waals surface area (Å²) in [6, 6.07) is 8.65. The number of thiazole rings is 1. The lowest BCUT2D eigenvalue weighted by molar-refractivity contribution is 0.577. The molecule has 1 unspecified atom stereocenters. The molecule has 1 atom stereocenters. The first-order valence-corrected chi connectivity index (χ1v) is 7.76. The van der Waals surface area contributed by atoms with E-state index in [1.807, 2.05) is 18.3 Å². The van der Waals surface area contributed by atoms with Crippen LogP contribution in [0.2, 0.25) is 0 Å². The molecule has 0 aliphatic heterocycles. The van der Waals surface area contributed by atoms with Crippen molar-refractivity contribution in [3.63, 3.8) is 0 Å². The highest BCUT2D eigenvalue weighted by Crippen LogP contribution is 2.29. The van der Waals surface area contributed by atoms with Gasteiger partial charge in [0, 0.05) is 27.2 Å². The van der Waals surface area contributed by atoms with Crippen LogP contribution in [0.25, 0.3) is 10.6 Å². The third-order valence-electron chi connectivity index (χ3n) is 2.72. The van der Waals surface area contributed by atoms with Crippen molar-refractivity contribution in [2.24, 2.45) is 0 Å². The molecule has 0 saturated heterocycles. The van der Waals surface area contributed by atoms with Gasteiger partial charge in [-0.15, -0.1) is 11.3 Å². The van der Waals surface area contributed by atoms with Crippen molar-refractivity contribution in [2.45, 2.75) is 26.3 Å². The molecule has 1 aromatic carbocycles. The zero-order valence-corrected chi connectivity index (χ0v) is 13.0. The standard InChI is InChI=1S/C14H17BrN2S/c1-3-7-16-10(2)13-9-17-14(18-13)11-5-4-6-12(15)8-11/h4-6,8-10,16H,3,7H2,1-2H3. The lowest BCUT2D eigenvalue weighted by Crippen LogP contribution is -2.18. The van der Waals surface area contributed by atoms with Gasteiger partial charge in [0.05, 0.1) is 0 Å². The van der Waals surface area contributed by atoms with Crippen molar-refractivity contribution in [1.29, 1.82) is 0 Å².